The molecule has 0 heterocycles. The smallest absolute Gasteiger partial charge is 0.319 e. The first-order valence-electron chi connectivity index (χ1n) is 6.05. The number of hydrogen-bond donors (Lipinski definition) is 0. The van der Waals surface area contributed by atoms with Gasteiger partial charge in [0, 0.05) is 26.7 Å². The Labute approximate surface area is 93.4 Å². The Morgan fingerprint density at radius 1 is 1.27 bits per heavy atom. The zero-order valence-corrected chi connectivity index (χ0v) is 10.5. The molecule has 0 saturated heterocycles. The Morgan fingerprint density at radius 2 is 1.87 bits per heavy atom. The van der Waals surface area contributed by atoms with Crippen LogP contribution in [0.15, 0.2) is 0 Å². The van der Waals surface area contributed by atoms with Crippen molar-refractivity contribution in [3.63, 3.8) is 0 Å². The first-order valence-corrected chi connectivity index (χ1v) is 6.05. The van der Waals surface area contributed by atoms with Gasteiger partial charge >= 0.3 is 6.03 Å². The van der Waals surface area contributed by atoms with Gasteiger partial charge in [0.2, 0.25) is 0 Å². The fourth-order valence-corrected chi connectivity index (χ4v) is 2.42. The largest absolute Gasteiger partial charge is 0.328 e. The molecule has 88 valence electrons. The summed E-state index contributed by atoms with van der Waals surface area (Å²) in [6.07, 6.45) is 5.02. The fraction of sp³-hybridized carbons (Fsp3) is 0.917. The van der Waals surface area contributed by atoms with E-state index in [1.807, 2.05) is 25.9 Å². The van der Waals surface area contributed by atoms with Crippen LogP contribution in [0.4, 0.5) is 4.79 Å². The summed E-state index contributed by atoms with van der Waals surface area (Å²) in [5, 5.41) is 0. The van der Waals surface area contributed by atoms with E-state index in [4.69, 9.17) is 0 Å². The molecule has 0 radical (unpaired) electrons. The maximum Gasteiger partial charge on any atom is 0.319 e. The summed E-state index contributed by atoms with van der Waals surface area (Å²) in [5.41, 5.74) is 0. The van der Waals surface area contributed by atoms with Crippen molar-refractivity contribution in [1.82, 2.24) is 9.80 Å². The SMILES string of the molecule is CCN(C)C(=O)N(C)C1CCCCC1C. The number of hydrogen-bond acceptors (Lipinski definition) is 1. The molecule has 0 bridgehead atoms. The third kappa shape index (κ3) is 2.86. The second-order valence-electron chi connectivity index (χ2n) is 4.74. The number of carbonyl (C=O) groups is 1. The van der Waals surface area contributed by atoms with E-state index >= 15 is 0 Å². The molecule has 0 aliphatic heterocycles. The summed E-state index contributed by atoms with van der Waals surface area (Å²) in [6.45, 7) is 5.06. The predicted molar refractivity (Wildman–Crippen MR) is 62.9 cm³/mol. The van der Waals surface area contributed by atoms with E-state index in [1.54, 1.807) is 4.90 Å². The van der Waals surface area contributed by atoms with Gasteiger partial charge in [0.05, 0.1) is 0 Å². The second kappa shape index (κ2) is 5.38. The summed E-state index contributed by atoms with van der Waals surface area (Å²) >= 11 is 0. The minimum absolute atomic E-state index is 0.163. The number of urea groups is 1. The van der Waals surface area contributed by atoms with Gasteiger partial charge in [-0.05, 0) is 25.7 Å². The lowest BCUT2D eigenvalue weighted by molar-refractivity contribution is 0.122. The maximum atomic E-state index is 12.0. The molecule has 0 N–H and O–H groups in total. The van der Waals surface area contributed by atoms with Crippen molar-refractivity contribution in [2.24, 2.45) is 5.92 Å². The monoisotopic (exact) mass is 212 g/mol. The van der Waals surface area contributed by atoms with Crippen LogP contribution in [0, 0.1) is 5.92 Å². The van der Waals surface area contributed by atoms with Gasteiger partial charge in [-0.1, -0.05) is 19.8 Å². The molecule has 15 heavy (non-hydrogen) atoms. The van der Waals surface area contributed by atoms with Crippen molar-refractivity contribution < 1.29 is 4.79 Å². The third-order valence-corrected chi connectivity index (χ3v) is 3.67. The van der Waals surface area contributed by atoms with E-state index in [0.717, 1.165) is 6.54 Å². The Hall–Kier alpha value is -0.730. The lowest BCUT2D eigenvalue weighted by Gasteiger charge is -2.37. The van der Waals surface area contributed by atoms with Gasteiger partial charge in [0.15, 0.2) is 0 Å². The van der Waals surface area contributed by atoms with Gasteiger partial charge in [-0.3, -0.25) is 0 Å². The van der Waals surface area contributed by atoms with Crippen LogP contribution in [0.25, 0.3) is 0 Å². The highest BCUT2D eigenvalue weighted by molar-refractivity contribution is 5.74. The second-order valence-corrected chi connectivity index (χ2v) is 4.74. The average Bonchev–Trinajstić information content (AvgIpc) is 2.26. The lowest BCUT2D eigenvalue weighted by atomic mass is 9.85. The molecule has 2 amide bonds. The highest BCUT2D eigenvalue weighted by Crippen LogP contribution is 2.27. The van der Waals surface area contributed by atoms with Crippen LogP contribution in [-0.4, -0.2) is 42.5 Å². The average molecular weight is 212 g/mol. The molecule has 0 aromatic heterocycles. The van der Waals surface area contributed by atoms with Crippen LogP contribution < -0.4 is 0 Å². The van der Waals surface area contributed by atoms with Crippen molar-refractivity contribution in [1.29, 1.82) is 0 Å². The minimum atomic E-state index is 0.163. The predicted octanol–water partition coefficient (Wildman–Crippen LogP) is 2.57. The van der Waals surface area contributed by atoms with E-state index in [0.29, 0.717) is 12.0 Å². The van der Waals surface area contributed by atoms with Crippen LogP contribution in [0.3, 0.4) is 0 Å². The number of carbonyl (C=O) groups excluding carboxylic acids is 1. The molecule has 1 fully saturated rings. The van der Waals surface area contributed by atoms with Crippen LogP contribution >= 0.6 is 0 Å². The van der Waals surface area contributed by atoms with Crippen molar-refractivity contribution in [2.75, 3.05) is 20.6 Å². The Bertz CT molecular complexity index is 218. The van der Waals surface area contributed by atoms with Gasteiger partial charge in [0.1, 0.15) is 0 Å². The van der Waals surface area contributed by atoms with Crippen molar-refractivity contribution in [2.45, 2.75) is 45.6 Å². The van der Waals surface area contributed by atoms with Gasteiger partial charge in [-0.2, -0.15) is 0 Å². The molecule has 0 spiro atoms. The highest BCUT2D eigenvalue weighted by atomic mass is 16.2. The van der Waals surface area contributed by atoms with Crippen molar-refractivity contribution >= 4 is 6.03 Å². The van der Waals surface area contributed by atoms with E-state index in [2.05, 4.69) is 6.92 Å². The minimum Gasteiger partial charge on any atom is -0.328 e. The summed E-state index contributed by atoms with van der Waals surface area (Å²) in [5.74, 6) is 0.651. The maximum absolute atomic E-state index is 12.0. The molecule has 3 heteroatoms. The molecule has 1 saturated carbocycles. The zero-order valence-electron chi connectivity index (χ0n) is 10.5. The first-order chi connectivity index (χ1) is 7.07. The van der Waals surface area contributed by atoms with E-state index < -0.39 is 0 Å². The molecule has 1 aliphatic rings. The topological polar surface area (TPSA) is 23.6 Å². The number of rotatable bonds is 2. The third-order valence-electron chi connectivity index (χ3n) is 3.67. The molecule has 2 atom stereocenters. The van der Waals surface area contributed by atoms with Crippen LogP contribution in [0.2, 0.25) is 0 Å². The summed E-state index contributed by atoms with van der Waals surface area (Å²) in [4.78, 5) is 15.7. The normalized spacial score (nSPS) is 26.1. The molecule has 0 aromatic carbocycles. The van der Waals surface area contributed by atoms with Crippen LogP contribution in [-0.2, 0) is 0 Å². The molecule has 3 nitrogen and oxygen atoms in total. The van der Waals surface area contributed by atoms with Crippen LogP contribution in [0.1, 0.15) is 39.5 Å². The molecular weight excluding hydrogens is 188 g/mol. The first kappa shape index (κ1) is 12.3. The number of amides is 2. The number of nitrogens with zero attached hydrogens (tertiary/aromatic N) is 2. The van der Waals surface area contributed by atoms with Crippen molar-refractivity contribution in [3.8, 4) is 0 Å². The van der Waals surface area contributed by atoms with E-state index in [1.165, 1.54) is 25.7 Å². The lowest BCUT2D eigenvalue weighted by Crippen LogP contribution is -2.47. The fourth-order valence-electron chi connectivity index (χ4n) is 2.42. The Balaban J connectivity index is 2.57. The van der Waals surface area contributed by atoms with Crippen molar-refractivity contribution in [3.05, 3.63) is 0 Å². The molecule has 1 aliphatic carbocycles. The molecule has 1 rings (SSSR count). The molecule has 2 unspecified atom stereocenters. The summed E-state index contributed by atoms with van der Waals surface area (Å²) in [6, 6.07) is 0.608. The Morgan fingerprint density at radius 3 is 2.40 bits per heavy atom. The summed E-state index contributed by atoms with van der Waals surface area (Å²) in [7, 11) is 3.81. The van der Waals surface area contributed by atoms with Gasteiger partial charge in [0.25, 0.3) is 0 Å². The Kier molecular flexibility index (Phi) is 4.43. The van der Waals surface area contributed by atoms with Gasteiger partial charge in [-0.15, -0.1) is 0 Å². The zero-order chi connectivity index (χ0) is 11.4. The van der Waals surface area contributed by atoms with Gasteiger partial charge in [-0.25, -0.2) is 4.79 Å². The summed E-state index contributed by atoms with van der Waals surface area (Å²) < 4.78 is 0. The van der Waals surface area contributed by atoms with Gasteiger partial charge < -0.3 is 9.80 Å². The standard InChI is InChI=1S/C12H24N2O/c1-5-13(3)12(15)14(4)11-9-7-6-8-10(11)2/h10-11H,5-9H2,1-4H3. The molecule has 0 aromatic rings. The van der Waals surface area contributed by atoms with E-state index in [-0.39, 0.29) is 6.03 Å². The van der Waals surface area contributed by atoms with E-state index in [9.17, 15) is 4.79 Å². The van der Waals surface area contributed by atoms with Crippen LogP contribution in [0.5, 0.6) is 0 Å². The molecular formula is C12H24N2O. The highest BCUT2D eigenvalue weighted by Gasteiger charge is 2.28. The quantitative estimate of drug-likeness (QED) is 0.690.